The molecule has 0 aliphatic heterocycles. The minimum atomic E-state index is -1.29. The summed E-state index contributed by atoms with van der Waals surface area (Å²) in [7, 11) is 0. The number of thioether (sulfide) groups is 1. The monoisotopic (exact) mass is 436 g/mol. The molecule has 0 fully saturated rings. The number of phenols is 1. The van der Waals surface area contributed by atoms with Gasteiger partial charge in [0.15, 0.2) is 5.58 Å². The minimum absolute atomic E-state index is 0.0212. The Morgan fingerprint density at radius 2 is 2.08 bits per heavy atom. The van der Waals surface area contributed by atoms with Crippen LogP contribution in [0.4, 0.5) is 5.69 Å². The molecule has 0 saturated heterocycles. The number of nitrogens with zero attached hydrogens (tertiary/aromatic N) is 2. The van der Waals surface area contributed by atoms with Gasteiger partial charge in [-0.2, -0.15) is 0 Å². The Bertz CT molecular complexity index is 1030. The summed E-state index contributed by atoms with van der Waals surface area (Å²) in [5, 5.41) is 30.6. The number of nitro groups is 1. The van der Waals surface area contributed by atoms with Gasteiger partial charge >= 0.3 is 11.7 Å². The highest BCUT2D eigenvalue weighted by Crippen LogP contribution is 2.37. The van der Waals surface area contributed by atoms with E-state index in [2.05, 4.69) is 20.9 Å². The number of hydrogen-bond donors (Lipinski definition) is 2. The number of carboxylic acid groups (broad SMARTS) is 1. The fourth-order valence-electron chi connectivity index (χ4n) is 2.12. The van der Waals surface area contributed by atoms with E-state index in [1.165, 1.54) is 6.07 Å². The van der Waals surface area contributed by atoms with E-state index in [1.54, 1.807) is 24.3 Å². The number of halogens is 1. The number of rotatable bonds is 5. The van der Waals surface area contributed by atoms with Crippen molar-refractivity contribution in [3.8, 4) is 5.75 Å². The molecule has 132 valence electrons. The van der Waals surface area contributed by atoms with Gasteiger partial charge in [-0.15, -0.1) is 0 Å². The number of nitro benzene ring substituents is 1. The van der Waals surface area contributed by atoms with E-state index in [1.807, 2.05) is 0 Å². The Kier molecular flexibility index (Phi) is 4.96. The molecule has 0 atom stereocenters. The normalized spacial score (nSPS) is 11.7. The van der Waals surface area contributed by atoms with Gasteiger partial charge in [0.2, 0.25) is 5.75 Å². The van der Waals surface area contributed by atoms with E-state index < -0.39 is 22.3 Å². The summed E-state index contributed by atoms with van der Waals surface area (Å²) in [6.45, 7) is 0. The molecule has 0 aliphatic rings. The van der Waals surface area contributed by atoms with Crippen LogP contribution in [-0.4, -0.2) is 26.1 Å². The lowest BCUT2D eigenvalue weighted by molar-refractivity contribution is -0.385. The Hall–Kier alpha value is -2.85. The second kappa shape index (κ2) is 7.18. The van der Waals surface area contributed by atoms with Crippen molar-refractivity contribution in [3.63, 3.8) is 0 Å². The highest BCUT2D eigenvalue weighted by molar-refractivity contribution is 9.10. The van der Waals surface area contributed by atoms with Crippen molar-refractivity contribution in [1.29, 1.82) is 0 Å². The number of aromatic nitrogens is 1. The first kappa shape index (κ1) is 18.0. The zero-order valence-corrected chi connectivity index (χ0v) is 15.2. The van der Waals surface area contributed by atoms with Crippen molar-refractivity contribution in [2.24, 2.45) is 0 Å². The van der Waals surface area contributed by atoms with Gasteiger partial charge < -0.3 is 14.6 Å². The largest absolute Gasteiger partial charge is 0.502 e. The van der Waals surface area contributed by atoms with Gasteiger partial charge in [0.05, 0.1) is 4.92 Å². The van der Waals surface area contributed by atoms with E-state index in [4.69, 9.17) is 4.42 Å². The summed E-state index contributed by atoms with van der Waals surface area (Å²) in [6, 6.07) is 9.44. The molecule has 2 N–H and O–H groups in total. The maximum atomic E-state index is 11.6. The molecule has 3 aromatic rings. The molecule has 0 unspecified atom stereocenters. The van der Waals surface area contributed by atoms with Crippen LogP contribution in [0.15, 0.2) is 55.4 Å². The lowest BCUT2D eigenvalue weighted by Crippen LogP contribution is -1.97. The quantitative estimate of drug-likeness (QED) is 0.260. The third-order valence-electron chi connectivity index (χ3n) is 3.25. The molecule has 0 aliphatic carbocycles. The smallest absolute Gasteiger partial charge is 0.342 e. The van der Waals surface area contributed by atoms with Crippen molar-refractivity contribution in [1.82, 2.24) is 4.98 Å². The number of aromatic hydroxyl groups is 1. The average molecular weight is 437 g/mol. The molecule has 3 rings (SSSR count). The van der Waals surface area contributed by atoms with Gasteiger partial charge in [-0.05, 0) is 36.0 Å². The van der Waals surface area contributed by atoms with Crippen molar-refractivity contribution in [2.45, 2.75) is 5.22 Å². The van der Waals surface area contributed by atoms with Crippen LogP contribution in [-0.2, 0) is 4.79 Å². The van der Waals surface area contributed by atoms with E-state index >= 15 is 0 Å². The number of carboxylic acids is 1. The molecule has 26 heavy (non-hydrogen) atoms. The van der Waals surface area contributed by atoms with Gasteiger partial charge in [-0.25, -0.2) is 9.78 Å². The molecular formula is C16H9BrN2O6S. The van der Waals surface area contributed by atoms with E-state index in [-0.39, 0.29) is 15.7 Å². The van der Waals surface area contributed by atoms with Crippen LogP contribution in [0.25, 0.3) is 17.2 Å². The summed E-state index contributed by atoms with van der Waals surface area (Å²) in [5.41, 5.74) is 0.510. The third-order valence-corrected chi connectivity index (χ3v) is 4.57. The molecule has 1 aromatic heterocycles. The topological polar surface area (TPSA) is 127 Å². The Balaban J connectivity index is 2.03. The number of fused-ring (bicyclic) bond motifs is 1. The fraction of sp³-hybridized carbons (Fsp3) is 0. The second-order valence-electron chi connectivity index (χ2n) is 4.98. The van der Waals surface area contributed by atoms with E-state index in [0.29, 0.717) is 15.6 Å². The SMILES string of the molecule is O=C(O)/C(=C/c1cc(Br)cc([N+](=O)[O-])c1O)Sc1nc2ccccc2o1. The van der Waals surface area contributed by atoms with E-state index in [0.717, 1.165) is 23.9 Å². The summed E-state index contributed by atoms with van der Waals surface area (Å²) in [4.78, 5) is 25.7. The summed E-state index contributed by atoms with van der Waals surface area (Å²) >= 11 is 3.84. The zero-order valence-electron chi connectivity index (χ0n) is 12.7. The number of benzene rings is 2. The van der Waals surface area contributed by atoms with Gasteiger partial charge in [0.25, 0.3) is 5.22 Å². The highest BCUT2D eigenvalue weighted by Gasteiger charge is 2.20. The van der Waals surface area contributed by atoms with E-state index in [9.17, 15) is 25.1 Å². The summed E-state index contributed by atoms with van der Waals surface area (Å²) < 4.78 is 5.79. The second-order valence-corrected chi connectivity index (χ2v) is 6.89. The predicted molar refractivity (Wildman–Crippen MR) is 97.9 cm³/mol. The molecular weight excluding hydrogens is 428 g/mol. The first-order valence-electron chi connectivity index (χ1n) is 7.00. The number of hydrogen-bond acceptors (Lipinski definition) is 7. The van der Waals surface area contributed by atoms with Crippen molar-refractivity contribution in [2.75, 3.05) is 0 Å². The summed E-state index contributed by atoms with van der Waals surface area (Å²) in [5.74, 6) is -1.92. The number of oxazole rings is 1. The Labute approximate surface area is 158 Å². The third kappa shape index (κ3) is 3.70. The van der Waals surface area contributed by atoms with Crippen molar-refractivity contribution >= 4 is 56.5 Å². The van der Waals surface area contributed by atoms with Crippen molar-refractivity contribution in [3.05, 3.63) is 61.5 Å². The zero-order chi connectivity index (χ0) is 18.8. The van der Waals surface area contributed by atoms with Gasteiger partial charge in [-0.1, -0.05) is 28.1 Å². The number of carbonyl (C=O) groups is 1. The standard InChI is InChI=1S/C16H9BrN2O6S/c17-9-5-8(14(20)11(7-9)19(23)24)6-13(15(21)22)26-16-18-10-3-1-2-4-12(10)25-16/h1-7,20H,(H,21,22)/b13-6-. The molecule has 0 radical (unpaired) electrons. The maximum absolute atomic E-state index is 11.6. The first-order chi connectivity index (χ1) is 12.3. The molecule has 10 heteroatoms. The van der Waals surface area contributed by atoms with Crippen LogP contribution >= 0.6 is 27.7 Å². The van der Waals surface area contributed by atoms with Crippen molar-refractivity contribution < 1.29 is 24.3 Å². The molecule has 0 bridgehead atoms. The van der Waals surface area contributed by atoms with Crippen LogP contribution < -0.4 is 0 Å². The fourth-order valence-corrected chi connectivity index (χ4v) is 3.32. The molecule has 8 nitrogen and oxygen atoms in total. The van der Waals surface area contributed by atoms with Crippen LogP contribution in [0.3, 0.4) is 0 Å². The van der Waals surface area contributed by atoms with Crippen LogP contribution in [0, 0.1) is 10.1 Å². The molecule has 0 spiro atoms. The lowest BCUT2D eigenvalue weighted by Gasteiger charge is -2.04. The Morgan fingerprint density at radius 3 is 2.73 bits per heavy atom. The molecule has 2 aromatic carbocycles. The van der Waals surface area contributed by atoms with Gasteiger partial charge in [-0.3, -0.25) is 10.1 Å². The maximum Gasteiger partial charge on any atom is 0.342 e. The summed E-state index contributed by atoms with van der Waals surface area (Å²) in [6.07, 6.45) is 1.12. The number of phenolic OH excluding ortho intramolecular Hbond substituents is 1. The Morgan fingerprint density at radius 1 is 1.35 bits per heavy atom. The molecule has 0 saturated carbocycles. The first-order valence-corrected chi connectivity index (χ1v) is 8.61. The average Bonchev–Trinajstić information content (AvgIpc) is 2.99. The van der Waals surface area contributed by atoms with Gasteiger partial charge in [0.1, 0.15) is 10.4 Å². The molecule has 1 heterocycles. The highest BCUT2D eigenvalue weighted by atomic mass is 79.9. The van der Waals surface area contributed by atoms with Gasteiger partial charge in [0, 0.05) is 16.1 Å². The predicted octanol–water partition coefficient (Wildman–Crippen LogP) is 4.42. The van der Waals surface area contributed by atoms with Crippen LogP contribution in [0.2, 0.25) is 0 Å². The molecule has 0 amide bonds. The van der Waals surface area contributed by atoms with Crippen LogP contribution in [0.5, 0.6) is 5.75 Å². The number of aliphatic carboxylic acids is 1. The minimum Gasteiger partial charge on any atom is -0.502 e. The lowest BCUT2D eigenvalue weighted by atomic mass is 10.1. The number of para-hydroxylation sites is 2. The van der Waals surface area contributed by atoms with Crippen LogP contribution in [0.1, 0.15) is 5.56 Å².